The summed E-state index contributed by atoms with van der Waals surface area (Å²) in [5, 5.41) is 12.2. The van der Waals surface area contributed by atoms with Crippen molar-refractivity contribution < 1.29 is 14.6 Å². The highest BCUT2D eigenvalue weighted by Crippen LogP contribution is 2.19. The zero-order valence-corrected chi connectivity index (χ0v) is 11.2. The SMILES string of the molecule is O=C(O)c1cnc(NCCN2CCOCC2)c(Cl)c1. The number of ether oxygens (including phenoxy) is 1. The lowest BCUT2D eigenvalue weighted by Crippen LogP contribution is -2.39. The number of carbonyl (C=O) groups is 1. The first-order chi connectivity index (χ1) is 9.16. The fourth-order valence-electron chi connectivity index (χ4n) is 1.84. The van der Waals surface area contributed by atoms with Gasteiger partial charge in [-0.2, -0.15) is 0 Å². The maximum Gasteiger partial charge on any atom is 0.337 e. The van der Waals surface area contributed by atoms with Crippen LogP contribution in [0.5, 0.6) is 0 Å². The van der Waals surface area contributed by atoms with Crippen LogP contribution in [-0.2, 0) is 4.74 Å². The Bertz CT molecular complexity index is 450. The highest BCUT2D eigenvalue weighted by atomic mass is 35.5. The van der Waals surface area contributed by atoms with Crippen molar-refractivity contribution in [2.45, 2.75) is 0 Å². The average molecular weight is 286 g/mol. The maximum atomic E-state index is 10.7. The van der Waals surface area contributed by atoms with Crippen molar-refractivity contribution in [3.8, 4) is 0 Å². The molecule has 0 saturated carbocycles. The second-order valence-corrected chi connectivity index (χ2v) is 4.65. The van der Waals surface area contributed by atoms with E-state index >= 15 is 0 Å². The Morgan fingerprint density at radius 1 is 1.53 bits per heavy atom. The van der Waals surface area contributed by atoms with Gasteiger partial charge in [-0.05, 0) is 6.07 Å². The lowest BCUT2D eigenvalue weighted by atomic mass is 10.3. The predicted molar refractivity (Wildman–Crippen MR) is 72.0 cm³/mol. The summed E-state index contributed by atoms with van der Waals surface area (Å²) in [5.74, 6) is -0.519. The summed E-state index contributed by atoms with van der Waals surface area (Å²) in [4.78, 5) is 17.1. The summed E-state index contributed by atoms with van der Waals surface area (Å²) < 4.78 is 5.27. The zero-order chi connectivity index (χ0) is 13.7. The first kappa shape index (κ1) is 14.0. The molecule has 0 bridgehead atoms. The van der Waals surface area contributed by atoms with Crippen molar-refractivity contribution in [3.63, 3.8) is 0 Å². The molecule has 0 spiro atoms. The molecule has 19 heavy (non-hydrogen) atoms. The van der Waals surface area contributed by atoms with Crippen LogP contribution in [0.25, 0.3) is 0 Å². The number of pyridine rings is 1. The number of nitrogens with zero attached hydrogens (tertiary/aromatic N) is 2. The minimum atomic E-state index is -1.03. The normalized spacial score (nSPS) is 16.3. The summed E-state index contributed by atoms with van der Waals surface area (Å²) in [6.45, 7) is 4.99. The van der Waals surface area contributed by atoms with Crippen LogP contribution in [0.1, 0.15) is 10.4 Å². The minimum Gasteiger partial charge on any atom is -0.478 e. The van der Waals surface area contributed by atoms with Gasteiger partial charge in [0, 0.05) is 32.4 Å². The third kappa shape index (κ3) is 4.05. The molecule has 1 aromatic heterocycles. The molecule has 0 radical (unpaired) electrons. The molecule has 6 nitrogen and oxygen atoms in total. The topological polar surface area (TPSA) is 74.7 Å². The van der Waals surface area contributed by atoms with Crippen molar-refractivity contribution in [2.24, 2.45) is 0 Å². The number of aromatic nitrogens is 1. The minimum absolute atomic E-state index is 0.0868. The summed E-state index contributed by atoms with van der Waals surface area (Å²) in [7, 11) is 0. The van der Waals surface area contributed by atoms with Crippen LogP contribution >= 0.6 is 11.6 Å². The fourth-order valence-corrected chi connectivity index (χ4v) is 2.08. The Kier molecular flexibility index (Phi) is 4.95. The molecule has 0 amide bonds. The Hall–Kier alpha value is -1.37. The van der Waals surface area contributed by atoms with Gasteiger partial charge in [0.15, 0.2) is 0 Å². The van der Waals surface area contributed by atoms with Gasteiger partial charge in [0.1, 0.15) is 5.82 Å². The van der Waals surface area contributed by atoms with E-state index in [2.05, 4.69) is 15.2 Å². The summed E-state index contributed by atoms with van der Waals surface area (Å²) >= 11 is 5.97. The molecule has 2 N–H and O–H groups in total. The Labute approximate surface area is 116 Å². The van der Waals surface area contributed by atoms with E-state index in [1.165, 1.54) is 12.3 Å². The number of rotatable bonds is 5. The number of halogens is 1. The van der Waals surface area contributed by atoms with Crippen LogP contribution in [0.2, 0.25) is 5.02 Å². The third-order valence-corrected chi connectivity index (χ3v) is 3.20. The Morgan fingerprint density at radius 2 is 2.26 bits per heavy atom. The molecule has 1 fully saturated rings. The second-order valence-electron chi connectivity index (χ2n) is 4.24. The number of nitrogens with one attached hydrogen (secondary N) is 1. The summed E-state index contributed by atoms with van der Waals surface area (Å²) in [6, 6.07) is 1.40. The van der Waals surface area contributed by atoms with E-state index in [1.807, 2.05) is 0 Å². The van der Waals surface area contributed by atoms with Crippen LogP contribution in [0.3, 0.4) is 0 Å². The quantitative estimate of drug-likeness (QED) is 0.846. The largest absolute Gasteiger partial charge is 0.478 e. The molecule has 0 aliphatic carbocycles. The van der Waals surface area contributed by atoms with Crippen molar-refractivity contribution >= 4 is 23.4 Å². The summed E-state index contributed by atoms with van der Waals surface area (Å²) in [6.07, 6.45) is 1.30. The number of carboxylic acid groups (broad SMARTS) is 1. The molecule has 0 unspecified atom stereocenters. The molecule has 1 aliphatic rings. The van der Waals surface area contributed by atoms with Crippen LogP contribution in [0, 0.1) is 0 Å². The molecular weight excluding hydrogens is 270 g/mol. The Balaban J connectivity index is 1.83. The standard InChI is InChI=1S/C12H16ClN3O3/c13-10-7-9(12(17)18)8-15-11(10)14-1-2-16-3-5-19-6-4-16/h7-8H,1-6H2,(H,14,15)(H,17,18). The van der Waals surface area contributed by atoms with Gasteiger partial charge in [-0.25, -0.2) is 9.78 Å². The van der Waals surface area contributed by atoms with E-state index in [1.54, 1.807) is 0 Å². The molecule has 1 saturated heterocycles. The van der Waals surface area contributed by atoms with E-state index < -0.39 is 5.97 Å². The van der Waals surface area contributed by atoms with Gasteiger partial charge >= 0.3 is 5.97 Å². The smallest absolute Gasteiger partial charge is 0.337 e. The lowest BCUT2D eigenvalue weighted by Gasteiger charge is -2.26. The molecular formula is C12H16ClN3O3. The third-order valence-electron chi connectivity index (χ3n) is 2.91. The van der Waals surface area contributed by atoms with Crippen LogP contribution in [-0.4, -0.2) is 60.4 Å². The van der Waals surface area contributed by atoms with Gasteiger partial charge in [0.05, 0.1) is 23.8 Å². The van der Waals surface area contributed by atoms with Gasteiger partial charge in [-0.15, -0.1) is 0 Å². The van der Waals surface area contributed by atoms with Gasteiger partial charge < -0.3 is 15.2 Å². The number of morpholine rings is 1. The van der Waals surface area contributed by atoms with Crippen LogP contribution in [0.15, 0.2) is 12.3 Å². The van der Waals surface area contributed by atoms with Crippen molar-refractivity contribution in [2.75, 3.05) is 44.7 Å². The van der Waals surface area contributed by atoms with E-state index in [-0.39, 0.29) is 5.56 Å². The molecule has 2 rings (SSSR count). The number of anilines is 1. The summed E-state index contributed by atoms with van der Waals surface area (Å²) in [5.41, 5.74) is 0.0868. The Morgan fingerprint density at radius 3 is 2.89 bits per heavy atom. The number of aromatic carboxylic acids is 1. The first-order valence-electron chi connectivity index (χ1n) is 6.09. The van der Waals surface area contributed by atoms with E-state index in [0.717, 1.165) is 32.8 Å². The fraction of sp³-hybridized carbons (Fsp3) is 0.500. The van der Waals surface area contributed by atoms with E-state index in [0.29, 0.717) is 17.4 Å². The first-order valence-corrected chi connectivity index (χ1v) is 6.47. The number of hydrogen-bond acceptors (Lipinski definition) is 5. The van der Waals surface area contributed by atoms with Gasteiger partial charge in [-0.3, -0.25) is 4.90 Å². The number of carboxylic acids is 1. The molecule has 1 aliphatic heterocycles. The maximum absolute atomic E-state index is 10.7. The van der Waals surface area contributed by atoms with Crippen LogP contribution < -0.4 is 5.32 Å². The molecule has 0 aromatic carbocycles. The molecule has 0 atom stereocenters. The number of hydrogen-bond donors (Lipinski definition) is 2. The highest BCUT2D eigenvalue weighted by molar-refractivity contribution is 6.33. The lowest BCUT2D eigenvalue weighted by molar-refractivity contribution is 0.0398. The molecule has 104 valence electrons. The average Bonchev–Trinajstić information content (AvgIpc) is 2.41. The van der Waals surface area contributed by atoms with Crippen molar-refractivity contribution in [3.05, 3.63) is 22.8 Å². The van der Waals surface area contributed by atoms with Gasteiger partial charge in [-0.1, -0.05) is 11.6 Å². The second kappa shape index (κ2) is 6.70. The van der Waals surface area contributed by atoms with E-state index in [9.17, 15) is 4.79 Å². The zero-order valence-electron chi connectivity index (χ0n) is 10.4. The molecule has 2 heterocycles. The van der Waals surface area contributed by atoms with Gasteiger partial charge in [0.25, 0.3) is 0 Å². The monoisotopic (exact) mass is 285 g/mol. The highest BCUT2D eigenvalue weighted by Gasteiger charge is 2.11. The van der Waals surface area contributed by atoms with Crippen molar-refractivity contribution in [1.29, 1.82) is 0 Å². The van der Waals surface area contributed by atoms with Crippen molar-refractivity contribution in [1.82, 2.24) is 9.88 Å². The molecule has 7 heteroatoms. The van der Waals surface area contributed by atoms with E-state index in [4.69, 9.17) is 21.4 Å². The van der Waals surface area contributed by atoms with Gasteiger partial charge in [0.2, 0.25) is 0 Å². The predicted octanol–water partition coefficient (Wildman–Crippen LogP) is 1.18. The molecule has 1 aromatic rings. The van der Waals surface area contributed by atoms with Crippen LogP contribution in [0.4, 0.5) is 5.82 Å².